The van der Waals surface area contributed by atoms with Crippen LogP contribution in [0, 0.1) is 11.8 Å². The van der Waals surface area contributed by atoms with Gasteiger partial charge in [-0.1, -0.05) is 41.9 Å². The molecule has 1 aromatic rings. The van der Waals surface area contributed by atoms with E-state index in [0.717, 1.165) is 32.5 Å². The third-order valence-electron chi connectivity index (χ3n) is 3.36. The highest BCUT2D eigenvalue weighted by atomic mass is 79.9. The predicted octanol–water partition coefficient (Wildman–Crippen LogP) is 4.28. The lowest BCUT2D eigenvalue weighted by Gasteiger charge is -2.19. The van der Waals surface area contributed by atoms with Gasteiger partial charge in [0.15, 0.2) is 0 Å². The van der Waals surface area contributed by atoms with Gasteiger partial charge < -0.3 is 10.1 Å². The molecule has 1 aromatic carbocycles. The first-order chi connectivity index (χ1) is 9.61. The zero-order valence-electron chi connectivity index (χ0n) is 13.0. The van der Waals surface area contributed by atoms with Crippen LogP contribution in [0.1, 0.15) is 32.3 Å². The lowest BCUT2D eigenvalue weighted by molar-refractivity contribution is 0.186. The van der Waals surface area contributed by atoms with Gasteiger partial charge in [0.2, 0.25) is 0 Å². The van der Waals surface area contributed by atoms with E-state index >= 15 is 0 Å². The Bertz CT molecular complexity index is 368. The highest BCUT2D eigenvalue weighted by molar-refractivity contribution is 9.10. The van der Waals surface area contributed by atoms with Gasteiger partial charge in [-0.3, -0.25) is 0 Å². The molecule has 0 saturated heterocycles. The molecule has 20 heavy (non-hydrogen) atoms. The summed E-state index contributed by atoms with van der Waals surface area (Å²) in [6.07, 6.45) is 3.48. The number of hydrogen-bond donors (Lipinski definition) is 1. The second-order valence-electron chi connectivity index (χ2n) is 5.89. The van der Waals surface area contributed by atoms with Gasteiger partial charge in [-0.05, 0) is 61.9 Å². The average molecular weight is 342 g/mol. The zero-order chi connectivity index (χ0) is 14.8. The molecule has 1 N–H and O–H groups in total. The van der Waals surface area contributed by atoms with E-state index in [1.54, 1.807) is 7.11 Å². The quantitative estimate of drug-likeness (QED) is 0.641. The van der Waals surface area contributed by atoms with Crippen molar-refractivity contribution in [1.29, 1.82) is 0 Å². The minimum absolute atomic E-state index is 0.679. The Morgan fingerprint density at radius 1 is 1.25 bits per heavy atom. The summed E-state index contributed by atoms with van der Waals surface area (Å²) in [5.74, 6) is 1.39. The summed E-state index contributed by atoms with van der Waals surface area (Å²) in [5, 5.41) is 3.59. The predicted molar refractivity (Wildman–Crippen MR) is 90.2 cm³/mol. The van der Waals surface area contributed by atoms with Crippen LogP contribution in [-0.2, 0) is 11.2 Å². The number of hydrogen-bond acceptors (Lipinski definition) is 2. The number of benzene rings is 1. The van der Waals surface area contributed by atoms with Crippen LogP contribution in [0.25, 0.3) is 0 Å². The molecule has 0 aliphatic carbocycles. The van der Waals surface area contributed by atoms with Gasteiger partial charge in [0.1, 0.15) is 0 Å². The molecule has 1 atom stereocenters. The fourth-order valence-corrected chi connectivity index (χ4v) is 2.81. The maximum atomic E-state index is 5.18. The highest BCUT2D eigenvalue weighted by Crippen LogP contribution is 2.18. The number of halogens is 1. The largest absolute Gasteiger partial charge is 0.385 e. The van der Waals surface area contributed by atoms with E-state index in [-0.39, 0.29) is 0 Å². The van der Waals surface area contributed by atoms with E-state index in [0.29, 0.717) is 11.8 Å². The maximum Gasteiger partial charge on any atom is 0.0462 e. The van der Waals surface area contributed by atoms with E-state index in [9.17, 15) is 0 Å². The molecular formula is C17H28BrNO. The van der Waals surface area contributed by atoms with Crippen molar-refractivity contribution in [3.05, 3.63) is 34.3 Å². The molecule has 0 bridgehead atoms. The first-order valence-electron chi connectivity index (χ1n) is 7.56. The Hall–Kier alpha value is -0.380. The van der Waals surface area contributed by atoms with Crippen molar-refractivity contribution in [3.8, 4) is 0 Å². The normalized spacial score (nSPS) is 12.8. The molecular weight excluding hydrogens is 314 g/mol. The maximum absolute atomic E-state index is 5.18. The van der Waals surface area contributed by atoms with E-state index < -0.39 is 0 Å². The van der Waals surface area contributed by atoms with Crippen molar-refractivity contribution < 1.29 is 4.74 Å². The first-order valence-corrected chi connectivity index (χ1v) is 8.35. The minimum atomic E-state index is 0.679. The monoisotopic (exact) mass is 341 g/mol. The Morgan fingerprint density at radius 3 is 2.70 bits per heavy atom. The summed E-state index contributed by atoms with van der Waals surface area (Å²) in [6, 6.07) is 8.65. The SMILES string of the molecule is COCCCC(CNCC(C)C)Cc1cccc(Br)c1. The number of nitrogens with one attached hydrogen (secondary N) is 1. The van der Waals surface area contributed by atoms with Crippen LogP contribution in [-0.4, -0.2) is 26.8 Å². The van der Waals surface area contributed by atoms with Crippen LogP contribution < -0.4 is 5.32 Å². The van der Waals surface area contributed by atoms with Crippen molar-refractivity contribution in [1.82, 2.24) is 5.32 Å². The molecule has 1 rings (SSSR count). The molecule has 0 amide bonds. The summed E-state index contributed by atoms with van der Waals surface area (Å²) in [6.45, 7) is 7.55. The second kappa shape index (κ2) is 10.4. The Morgan fingerprint density at radius 2 is 2.05 bits per heavy atom. The van der Waals surface area contributed by atoms with Gasteiger partial charge in [-0.15, -0.1) is 0 Å². The molecule has 0 spiro atoms. The lowest BCUT2D eigenvalue weighted by Crippen LogP contribution is -2.27. The van der Waals surface area contributed by atoms with E-state index in [2.05, 4.69) is 59.4 Å². The second-order valence-corrected chi connectivity index (χ2v) is 6.80. The van der Waals surface area contributed by atoms with Crippen LogP contribution in [0.3, 0.4) is 0 Å². The standard InChI is InChI=1S/C17H28BrNO/c1-14(2)12-19-13-16(7-5-9-20-3)10-15-6-4-8-17(18)11-15/h4,6,8,11,14,16,19H,5,7,9-10,12-13H2,1-3H3. The Balaban J connectivity index is 2.47. The summed E-state index contributed by atoms with van der Waals surface area (Å²) < 4.78 is 6.34. The molecule has 0 aliphatic heterocycles. The van der Waals surface area contributed by atoms with E-state index in [1.165, 1.54) is 16.5 Å². The van der Waals surface area contributed by atoms with Crippen LogP contribution in [0.2, 0.25) is 0 Å². The molecule has 0 saturated carbocycles. The first kappa shape index (κ1) is 17.7. The zero-order valence-corrected chi connectivity index (χ0v) is 14.6. The summed E-state index contributed by atoms with van der Waals surface area (Å²) in [4.78, 5) is 0. The van der Waals surface area contributed by atoms with Crippen LogP contribution in [0.4, 0.5) is 0 Å². The smallest absolute Gasteiger partial charge is 0.0462 e. The highest BCUT2D eigenvalue weighted by Gasteiger charge is 2.10. The van der Waals surface area contributed by atoms with Crippen molar-refractivity contribution in [3.63, 3.8) is 0 Å². The Kier molecular flexibility index (Phi) is 9.16. The van der Waals surface area contributed by atoms with Crippen LogP contribution >= 0.6 is 15.9 Å². The number of methoxy groups -OCH3 is 1. The van der Waals surface area contributed by atoms with E-state index in [1.807, 2.05) is 0 Å². The van der Waals surface area contributed by atoms with Gasteiger partial charge in [-0.25, -0.2) is 0 Å². The molecule has 0 aliphatic rings. The molecule has 0 heterocycles. The summed E-state index contributed by atoms with van der Waals surface area (Å²) in [7, 11) is 1.78. The fraction of sp³-hybridized carbons (Fsp3) is 0.647. The molecule has 0 aromatic heterocycles. The molecule has 3 heteroatoms. The number of ether oxygens (including phenoxy) is 1. The van der Waals surface area contributed by atoms with E-state index in [4.69, 9.17) is 4.74 Å². The molecule has 2 nitrogen and oxygen atoms in total. The van der Waals surface area contributed by atoms with Gasteiger partial charge in [-0.2, -0.15) is 0 Å². The fourth-order valence-electron chi connectivity index (χ4n) is 2.37. The third kappa shape index (κ3) is 8.03. The Labute approximate surface area is 132 Å². The molecule has 114 valence electrons. The van der Waals surface area contributed by atoms with Gasteiger partial charge in [0.25, 0.3) is 0 Å². The average Bonchev–Trinajstić information content (AvgIpc) is 2.38. The topological polar surface area (TPSA) is 21.3 Å². The van der Waals surface area contributed by atoms with Gasteiger partial charge in [0.05, 0.1) is 0 Å². The minimum Gasteiger partial charge on any atom is -0.385 e. The van der Waals surface area contributed by atoms with Crippen molar-refractivity contribution in [2.75, 3.05) is 26.8 Å². The molecule has 0 fully saturated rings. The van der Waals surface area contributed by atoms with Crippen LogP contribution in [0.15, 0.2) is 28.7 Å². The third-order valence-corrected chi connectivity index (χ3v) is 3.85. The van der Waals surface area contributed by atoms with Gasteiger partial charge >= 0.3 is 0 Å². The summed E-state index contributed by atoms with van der Waals surface area (Å²) in [5.41, 5.74) is 1.41. The summed E-state index contributed by atoms with van der Waals surface area (Å²) >= 11 is 3.55. The van der Waals surface area contributed by atoms with Crippen LogP contribution in [0.5, 0.6) is 0 Å². The molecule has 1 unspecified atom stereocenters. The van der Waals surface area contributed by atoms with Crippen molar-refractivity contribution in [2.45, 2.75) is 33.1 Å². The number of rotatable bonds is 10. The lowest BCUT2D eigenvalue weighted by atomic mass is 9.94. The van der Waals surface area contributed by atoms with Crippen molar-refractivity contribution >= 4 is 15.9 Å². The van der Waals surface area contributed by atoms with Crippen molar-refractivity contribution in [2.24, 2.45) is 11.8 Å². The van der Waals surface area contributed by atoms with Gasteiger partial charge in [0, 0.05) is 18.2 Å². The molecule has 0 radical (unpaired) electrons.